The van der Waals surface area contributed by atoms with Gasteiger partial charge in [-0.2, -0.15) is 5.10 Å². The van der Waals surface area contributed by atoms with Crippen LogP contribution in [0.3, 0.4) is 0 Å². The summed E-state index contributed by atoms with van der Waals surface area (Å²) < 4.78 is 1.84. The second-order valence-corrected chi connectivity index (χ2v) is 3.52. The predicted molar refractivity (Wildman–Crippen MR) is 55.4 cm³/mol. The van der Waals surface area contributed by atoms with E-state index in [0.29, 0.717) is 0 Å². The Morgan fingerprint density at radius 3 is 2.92 bits per heavy atom. The summed E-state index contributed by atoms with van der Waals surface area (Å²) in [5, 5.41) is 5.26. The van der Waals surface area contributed by atoms with Crippen LogP contribution in [0.15, 0.2) is 12.3 Å². The van der Waals surface area contributed by atoms with Crippen LogP contribution in [0.5, 0.6) is 0 Å². The fourth-order valence-electron chi connectivity index (χ4n) is 1.05. The van der Waals surface area contributed by atoms with Gasteiger partial charge in [0.25, 0.3) is 0 Å². The molecule has 1 heterocycles. The molecule has 3 heteroatoms. The molecule has 0 aliphatic heterocycles. The summed E-state index contributed by atoms with van der Waals surface area (Å²) >= 11 is 3.37. The van der Waals surface area contributed by atoms with Gasteiger partial charge in [-0.25, -0.2) is 0 Å². The fraction of sp³-hybridized carbons (Fsp3) is 0.444. The molecule has 12 heavy (non-hydrogen) atoms. The molecular weight excluding hydrogens is 216 g/mol. The first-order chi connectivity index (χ1) is 5.74. The van der Waals surface area contributed by atoms with Gasteiger partial charge in [0, 0.05) is 24.1 Å². The number of nitrogens with zero attached hydrogens (tertiary/aromatic N) is 2. The lowest BCUT2D eigenvalue weighted by molar-refractivity contribution is 0.756. The zero-order chi connectivity index (χ0) is 8.97. The highest BCUT2D eigenvalue weighted by atomic mass is 79.9. The van der Waals surface area contributed by atoms with E-state index in [4.69, 9.17) is 0 Å². The van der Waals surface area contributed by atoms with Crippen LogP contribution >= 0.6 is 15.9 Å². The molecule has 1 aromatic rings. The molecule has 0 fully saturated rings. The van der Waals surface area contributed by atoms with Gasteiger partial charge in [-0.05, 0) is 13.3 Å². The Morgan fingerprint density at radius 2 is 2.42 bits per heavy atom. The molecule has 0 atom stereocenters. The number of hydrogen-bond acceptors (Lipinski definition) is 1. The lowest BCUT2D eigenvalue weighted by atomic mass is 10.2. The van der Waals surface area contributed by atoms with Crippen molar-refractivity contribution in [3.05, 3.63) is 23.5 Å². The molecular formula is C9H13BrN2. The molecule has 0 bridgehead atoms. The van der Waals surface area contributed by atoms with E-state index in [1.165, 1.54) is 5.56 Å². The van der Waals surface area contributed by atoms with E-state index >= 15 is 0 Å². The average Bonchev–Trinajstić information content (AvgIpc) is 2.31. The van der Waals surface area contributed by atoms with Crippen LogP contribution in [-0.4, -0.2) is 15.1 Å². The van der Waals surface area contributed by atoms with E-state index in [2.05, 4.69) is 33.2 Å². The van der Waals surface area contributed by atoms with Crippen LogP contribution < -0.4 is 0 Å². The number of alkyl halides is 1. The molecule has 0 unspecified atom stereocenters. The van der Waals surface area contributed by atoms with Crippen molar-refractivity contribution in [3.8, 4) is 0 Å². The van der Waals surface area contributed by atoms with E-state index < -0.39 is 0 Å². The minimum atomic E-state index is 1.02. The number of halogens is 1. The normalized spacial score (nSPS) is 11.2. The number of hydrogen-bond donors (Lipinski definition) is 0. The maximum Gasteiger partial charge on any atom is 0.0665 e. The molecule has 1 aromatic heterocycles. The quantitative estimate of drug-likeness (QED) is 0.728. The topological polar surface area (TPSA) is 17.8 Å². The Bertz CT molecular complexity index is 276. The Hall–Kier alpha value is -0.570. The van der Waals surface area contributed by atoms with Crippen molar-refractivity contribution in [2.45, 2.75) is 13.3 Å². The highest BCUT2D eigenvalue weighted by Gasteiger charge is 1.96. The molecule has 0 N–H and O–H groups in total. The largest absolute Gasteiger partial charge is 0.275 e. The standard InChI is InChI=1S/C9H13BrN2/c1-8-9(5-3-4-6-10)7-12(2)11-8/h3,5,7H,4,6H2,1-2H3. The third-order valence-electron chi connectivity index (χ3n) is 1.62. The van der Waals surface area contributed by atoms with Crippen molar-refractivity contribution in [2.24, 2.45) is 7.05 Å². The Kier molecular flexibility index (Phi) is 3.53. The van der Waals surface area contributed by atoms with Gasteiger partial charge in [0.1, 0.15) is 0 Å². The van der Waals surface area contributed by atoms with Gasteiger partial charge in [0.15, 0.2) is 0 Å². The van der Waals surface area contributed by atoms with Crippen LogP contribution in [0.1, 0.15) is 17.7 Å². The maximum atomic E-state index is 4.24. The van der Waals surface area contributed by atoms with Crippen LogP contribution in [0.2, 0.25) is 0 Å². The SMILES string of the molecule is Cc1nn(C)cc1C=CCCBr. The molecule has 0 saturated heterocycles. The summed E-state index contributed by atoms with van der Waals surface area (Å²) in [6.07, 6.45) is 7.36. The molecule has 2 nitrogen and oxygen atoms in total. The van der Waals surface area contributed by atoms with Gasteiger partial charge in [-0.15, -0.1) is 0 Å². The van der Waals surface area contributed by atoms with Crippen molar-refractivity contribution in [1.82, 2.24) is 9.78 Å². The molecule has 0 saturated carbocycles. The zero-order valence-corrected chi connectivity index (χ0v) is 9.00. The molecule has 66 valence electrons. The Morgan fingerprint density at radius 1 is 1.67 bits per heavy atom. The fourth-order valence-corrected chi connectivity index (χ4v) is 1.32. The Labute approximate surface area is 81.4 Å². The Balaban J connectivity index is 2.68. The smallest absolute Gasteiger partial charge is 0.0665 e. The van der Waals surface area contributed by atoms with Gasteiger partial charge in [-0.1, -0.05) is 28.1 Å². The highest BCUT2D eigenvalue weighted by Crippen LogP contribution is 2.07. The lowest BCUT2D eigenvalue weighted by Crippen LogP contribution is -1.86. The second-order valence-electron chi connectivity index (χ2n) is 2.72. The van der Waals surface area contributed by atoms with Gasteiger partial charge in [0.2, 0.25) is 0 Å². The number of aryl methyl sites for hydroxylation is 2. The highest BCUT2D eigenvalue weighted by molar-refractivity contribution is 9.09. The number of aromatic nitrogens is 2. The van der Waals surface area contributed by atoms with Crippen LogP contribution in [0, 0.1) is 6.92 Å². The maximum absolute atomic E-state index is 4.24. The van der Waals surface area contributed by atoms with E-state index in [0.717, 1.165) is 17.4 Å². The van der Waals surface area contributed by atoms with Crippen molar-refractivity contribution < 1.29 is 0 Å². The third kappa shape index (κ3) is 2.48. The lowest BCUT2D eigenvalue weighted by Gasteiger charge is -1.86. The third-order valence-corrected chi connectivity index (χ3v) is 2.08. The monoisotopic (exact) mass is 228 g/mol. The summed E-state index contributed by atoms with van der Waals surface area (Å²) in [7, 11) is 1.94. The first-order valence-electron chi connectivity index (χ1n) is 3.97. The molecule has 0 spiro atoms. The summed E-state index contributed by atoms with van der Waals surface area (Å²) in [6, 6.07) is 0. The predicted octanol–water partition coefficient (Wildman–Crippen LogP) is 2.53. The van der Waals surface area contributed by atoms with Gasteiger partial charge >= 0.3 is 0 Å². The molecule has 1 rings (SSSR count). The molecule has 0 radical (unpaired) electrons. The van der Waals surface area contributed by atoms with Crippen molar-refractivity contribution in [3.63, 3.8) is 0 Å². The zero-order valence-electron chi connectivity index (χ0n) is 7.42. The van der Waals surface area contributed by atoms with Crippen LogP contribution in [0.25, 0.3) is 6.08 Å². The molecule has 0 aliphatic rings. The summed E-state index contributed by atoms with van der Waals surface area (Å²) in [4.78, 5) is 0. The first kappa shape index (κ1) is 9.52. The molecule has 0 aromatic carbocycles. The van der Waals surface area contributed by atoms with E-state index in [1.807, 2.05) is 24.9 Å². The van der Waals surface area contributed by atoms with E-state index in [-0.39, 0.29) is 0 Å². The van der Waals surface area contributed by atoms with Crippen LogP contribution in [0.4, 0.5) is 0 Å². The summed E-state index contributed by atoms with van der Waals surface area (Å²) in [5.41, 5.74) is 2.29. The molecule has 0 aliphatic carbocycles. The van der Waals surface area contributed by atoms with E-state index in [1.54, 1.807) is 0 Å². The van der Waals surface area contributed by atoms with Gasteiger partial charge < -0.3 is 0 Å². The summed E-state index contributed by atoms with van der Waals surface area (Å²) in [6.45, 7) is 2.02. The van der Waals surface area contributed by atoms with Crippen LogP contribution in [-0.2, 0) is 7.05 Å². The molecule has 0 amide bonds. The first-order valence-corrected chi connectivity index (χ1v) is 5.09. The van der Waals surface area contributed by atoms with Crippen molar-refractivity contribution >= 4 is 22.0 Å². The van der Waals surface area contributed by atoms with Crippen molar-refractivity contribution in [2.75, 3.05) is 5.33 Å². The minimum absolute atomic E-state index is 1.02. The minimum Gasteiger partial charge on any atom is -0.275 e. The summed E-state index contributed by atoms with van der Waals surface area (Å²) in [5.74, 6) is 0. The van der Waals surface area contributed by atoms with Gasteiger partial charge in [0.05, 0.1) is 5.69 Å². The number of rotatable bonds is 3. The van der Waals surface area contributed by atoms with Gasteiger partial charge in [-0.3, -0.25) is 4.68 Å². The second kappa shape index (κ2) is 4.45. The van der Waals surface area contributed by atoms with E-state index in [9.17, 15) is 0 Å². The number of allylic oxidation sites excluding steroid dienone is 1. The van der Waals surface area contributed by atoms with Crippen molar-refractivity contribution in [1.29, 1.82) is 0 Å². The average molecular weight is 229 g/mol.